The monoisotopic (exact) mass is 300 g/mol. The van der Waals surface area contributed by atoms with Gasteiger partial charge in [-0.2, -0.15) is 4.98 Å². The quantitative estimate of drug-likeness (QED) is 0.359. The van der Waals surface area contributed by atoms with Gasteiger partial charge >= 0.3 is 0 Å². The lowest BCUT2D eigenvalue weighted by Gasteiger charge is -2.26. The molecule has 2 aromatic heterocycles. The summed E-state index contributed by atoms with van der Waals surface area (Å²) < 4.78 is 5.23. The number of hydrogen-bond acceptors (Lipinski definition) is 8. The maximum atomic E-state index is 10.5. The molecular weight excluding hydrogens is 288 g/mol. The maximum absolute atomic E-state index is 10.5. The second-order valence-corrected chi connectivity index (χ2v) is 4.88. The van der Waals surface area contributed by atoms with Gasteiger partial charge in [-0.25, -0.2) is 4.98 Å². The van der Waals surface area contributed by atoms with Gasteiger partial charge in [0, 0.05) is 0 Å². The summed E-state index contributed by atoms with van der Waals surface area (Å²) in [5.41, 5.74) is 0.508. The zero-order valence-corrected chi connectivity index (χ0v) is 10.8. The lowest BCUT2D eigenvalue weighted by Crippen LogP contribution is -2.41. The number of nitrogens with zero attached hydrogens (tertiary/aromatic N) is 2. The fourth-order valence-electron chi connectivity index (χ4n) is 2.28. The summed E-state index contributed by atoms with van der Waals surface area (Å²) in [6, 6.07) is 0. The van der Waals surface area contributed by atoms with E-state index in [-0.39, 0.29) is 21.6 Å². The molecule has 3 rings (SSSR count). The van der Waals surface area contributed by atoms with Crippen molar-refractivity contribution in [2.75, 3.05) is 6.61 Å². The predicted octanol–water partition coefficient (Wildman–Crippen LogP) is -1.73. The molecule has 2 aromatic rings. The molecule has 10 heteroatoms. The number of aliphatic hydroxyl groups is 4. The zero-order valence-electron chi connectivity index (χ0n) is 10.0. The lowest BCUT2D eigenvalue weighted by atomic mass is 10.0. The van der Waals surface area contributed by atoms with Gasteiger partial charge in [0.15, 0.2) is 10.4 Å². The van der Waals surface area contributed by atoms with Crippen LogP contribution < -0.4 is 0 Å². The SMILES string of the molecule is OC[C@H]1O[C@@](O)(c2[nH]c(=S)nc3nc[nH]c23)[C@@H](O)[C@@H]1O. The largest absolute Gasteiger partial charge is 0.394 e. The van der Waals surface area contributed by atoms with E-state index in [9.17, 15) is 15.3 Å². The predicted molar refractivity (Wildman–Crippen MR) is 66.9 cm³/mol. The molecule has 3 heterocycles. The summed E-state index contributed by atoms with van der Waals surface area (Å²) in [4.78, 5) is 13.2. The highest BCUT2D eigenvalue weighted by Crippen LogP contribution is 2.38. The van der Waals surface area contributed by atoms with E-state index in [4.69, 9.17) is 22.1 Å². The van der Waals surface area contributed by atoms with E-state index in [1.165, 1.54) is 6.33 Å². The summed E-state index contributed by atoms with van der Waals surface area (Å²) in [7, 11) is 0. The van der Waals surface area contributed by atoms with Gasteiger partial charge in [0.05, 0.1) is 12.9 Å². The number of H-pyrrole nitrogens is 2. The van der Waals surface area contributed by atoms with Gasteiger partial charge in [0.2, 0.25) is 5.79 Å². The van der Waals surface area contributed by atoms with Crippen molar-refractivity contribution < 1.29 is 25.2 Å². The highest BCUT2D eigenvalue weighted by atomic mass is 32.1. The third-order valence-corrected chi connectivity index (χ3v) is 3.48. The zero-order chi connectivity index (χ0) is 14.5. The topological polar surface area (TPSA) is 148 Å². The van der Waals surface area contributed by atoms with Crippen molar-refractivity contribution in [2.24, 2.45) is 0 Å². The molecule has 0 aromatic carbocycles. The first-order chi connectivity index (χ1) is 9.47. The first-order valence-corrected chi connectivity index (χ1v) is 6.19. The maximum Gasteiger partial charge on any atom is 0.240 e. The highest BCUT2D eigenvalue weighted by molar-refractivity contribution is 7.71. The summed E-state index contributed by atoms with van der Waals surface area (Å²) in [5, 5.41) is 39.4. The van der Waals surface area contributed by atoms with Crippen LogP contribution in [0.4, 0.5) is 0 Å². The van der Waals surface area contributed by atoms with Crippen LogP contribution in [0.5, 0.6) is 0 Å². The minimum atomic E-state index is -2.26. The standard InChI is InChI=1S/C10H12N4O5S/c15-1-3-5(16)7(17)10(18,19-3)6-4-8(12-2-11-4)14-9(20)13-6/h2-3,5,7,15-18H,1H2,(H2,11,12,13,14,20)/t3-,5-,7+,10+/m1/s1. The number of imidazole rings is 1. The Balaban J connectivity index is 2.19. The molecule has 6 N–H and O–H groups in total. The average Bonchev–Trinajstić information content (AvgIpc) is 2.97. The van der Waals surface area contributed by atoms with Crippen molar-refractivity contribution in [2.45, 2.75) is 24.1 Å². The molecule has 0 bridgehead atoms. The van der Waals surface area contributed by atoms with Gasteiger partial charge in [-0.15, -0.1) is 0 Å². The van der Waals surface area contributed by atoms with Gasteiger partial charge in [-0.3, -0.25) is 0 Å². The van der Waals surface area contributed by atoms with E-state index in [2.05, 4.69) is 19.9 Å². The van der Waals surface area contributed by atoms with Crippen molar-refractivity contribution in [3.05, 3.63) is 16.8 Å². The molecule has 0 saturated carbocycles. The molecule has 0 aliphatic carbocycles. The summed E-state index contributed by atoms with van der Waals surface area (Å²) >= 11 is 4.92. The molecule has 1 aliphatic rings. The number of aromatic amines is 2. The fraction of sp³-hybridized carbons (Fsp3) is 0.500. The first-order valence-electron chi connectivity index (χ1n) is 5.78. The Kier molecular flexibility index (Phi) is 3.08. The van der Waals surface area contributed by atoms with Crippen molar-refractivity contribution >= 4 is 23.4 Å². The number of hydrogen-bond donors (Lipinski definition) is 6. The second-order valence-electron chi connectivity index (χ2n) is 4.49. The Morgan fingerprint density at radius 1 is 1.45 bits per heavy atom. The van der Waals surface area contributed by atoms with Crippen molar-refractivity contribution in [3.63, 3.8) is 0 Å². The molecule has 20 heavy (non-hydrogen) atoms. The minimum absolute atomic E-state index is 0.00694. The molecule has 0 unspecified atom stereocenters. The van der Waals surface area contributed by atoms with Crippen molar-refractivity contribution in [1.29, 1.82) is 0 Å². The third-order valence-electron chi connectivity index (χ3n) is 3.28. The number of fused-ring (bicyclic) bond motifs is 1. The number of ether oxygens (including phenoxy) is 1. The Bertz CT molecular complexity index is 702. The fourth-order valence-corrected chi connectivity index (χ4v) is 2.46. The van der Waals surface area contributed by atoms with Gasteiger partial charge in [-0.05, 0) is 12.2 Å². The molecule has 4 atom stereocenters. The molecule has 1 aliphatic heterocycles. The van der Waals surface area contributed by atoms with Crippen LogP contribution in [0.15, 0.2) is 6.33 Å². The third kappa shape index (κ3) is 1.78. The lowest BCUT2D eigenvalue weighted by molar-refractivity contribution is -0.241. The van der Waals surface area contributed by atoms with Crippen LogP contribution in [-0.2, 0) is 10.5 Å². The Labute approximate surface area is 116 Å². The van der Waals surface area contributed by atoms with Gasteiger partial charge < -0.3 is 35.1 Å². The van der Waals surface area contributed by atoms with Gasteiger partial charge in [0.25, 0.3) is 0 Å². The molecule has 9 nitrogen and oxygen atoms in total. The molecule has 0 amide bonds. The number of aliphatic hydroxyl groups excluding tert-OH is 3. The van der Waals surface area contributed by atoms with Crippen LogP contribution in [0.1, 0.15) is 5.69 Å². The molecule has 1 fully saturated rings. The van der Waals surface area contributed by atoms with Crippen LogP contribution in [0.25, 0.3) is 11.2 Å². The Hall–Kier alpha value is -1.43. The van der Waals surface area contributed by atoms with Crippen molar-refractivity contribution in [1.82, 2.24) is 19.9 Å². The van der Waals surface area contributed by atoms with Crippen LogP contribution in [-0.4, -0.2) is 65.3 Å². The van der Waals surface area contributed by atoms with E-state index in [1.54, 1.807) is 0 Å². The van der Waals surface area contributed by atoms with Crippen LogP contribution in [0, 0.1) is 4.77 Å². The Morgan fingerprint density at radius 2 is 2.20 bits per heavy atom. The number of nitrogens with one attached hydrogen (secondary N) is 2. The van der Waals surface area contributed by atoms with E-state index in [0.29, 0.717) is 0 Å². The summed E-state index contributed by atoms with van der Waals surface area (Å²) in [5.74, 6) is -2.26. The number of aromatic nitrogens is 4. The van der Waals surface area contributed by atoms with Crippen LogP contribution in [0.2, 0.25) is 0 Å². The Morgan fingerprint density at radius 3 is 2.85 bits per heavy atom. The van der Waals surface area contributed by atoms with E-state index in [1.807, 2.05) is 0 Å². The smallest absolute Gasteiger partial charge is 0.240 e. The van der Waals surface area contributed by atoms with Gasteiger partial charge in [-0.1, -0.05) is 0 Å². The van der Waals surface area contributed by atoms with Crippen molar-refractivity contribution in [3.8, 4) is 0 Å². The second kappa shape index (κ2) is 4.55. The average molecular weight is 300 g/mol. The van der Waals surface area contributed by atoms with E-state index in [0.717, 1.165) is 0 Å². The highest BCUT2D eigenvalue weighted by Gasteiger charge is 2.55. The minimum Gasteiger partial charge on any atom is -0.394 e. The summed E-state index contributed by atoms with van der Waals surface area (Å²) in [6.45, 7) is -0.557. The molecule has 0 spiro atoms. The van der Waals surface area contributed by atoms with Crippen LogP contribution >= 0.6 is 12.2 Å². The summed E-state index contributed by atoms with van der Waals surface area (Å²) in [6.07, 6.45) is -2.89. The van der Waals surface area contributed by atoms with Crippen LogP contribution in [0.3, 0.4) is 0 Å². The molecule has 1 saturated heterocycles. The van der Waals surface area contributed by atoms with E-state index >= 15 is 0 Å². The molecule has 0 radical (unpaired) electrons. The first kappa shape index (κ1) is 13.5. The van der Waals surface area contributed by atoms with Gasteiger partial charge in [0.1, 0.15) is 29.5 Å². The number of rotatable bonds is 2. The normalized spacial score (nSPS) is 33.9. The molecule has 108 valence electrons. The molecular formula is C10H12N4O5S. The van der Waals surface area contributed by atoms with E-state index < -0.39 is 30.7 Å².